The fraction of sp³-hybridized carbons (Fsp3) is 0.842. The van der Waals surface area contributed by atoms with Gasteiger partial charge < -0.3 is 0 Å². The minimum absolute atomic E-state index is 0.475. The van der Waals surface area contributed by atoms with E-state index in [2.05, 4.69) is 33.8 Å². The van der Waals surface area contributed by atoms with E-state index < -0.39 is 0 Å². The van der Waals surface area contributed by atoms with E-state index in [4.69, 9.17) is 0 Å². The highest BCUT2D eigenvalue weighted by molar-refractivity contribution is 5.78. The topological polar surface area (TPSA) is 17.1 Å². The van der Waals surface area contributed by atoms with Gasteiger partial charge in [0, 0.05) is 12.8 Å². The van der Waals surface area contributed by atoms with E-state index in [1.807, 2.05) is 0 Å². The fourth-order valence-electron chi connectivity index (χ4n) is 2.53. The Morgan fingerprint density at radius 3 is 2.20 bits per heavy atom. The van der Waals surface area contributed by atoms with Crippen molar-refractivity contribution in [1.82, 2.24) is 0 Å². The van der Waals surface area contributed by atoms with Crippen LogP contribution in [0.15, 0.2) is 11.6 Å². The first-order valence-corrected chi connectivity index (χ1v) is 8.71. The van der Waals surface area contributed by atoms with Crippen LogP contribution in [0, 0.1) is 5.92 Å². The van der Waals surface area contributed by atoms with Gasteiger partial charge in [-0.3, -0.25) is 4.79 Å². The molecule has 0 aliphatic heterocycles. The van der Waals surface area contributed by atoms with E-state index in [0.717, 1.165) is 32.1 Å². The van der Waals surface area contributed by atoms with Gasteiger partial charge >= 0.3 is 0 Å². The van der Waals surface area contributed by atoms with Gasteiger partial charge in [-0.15, -0.1) is 0 Å². The van der Waals surface area contributed by atoms with Crippen LogP contribution in [-0.2, 0) is 4.79 Å². The molecule has 0 amide bonds. The molecule has 0 radical (unpaired) electrons. The van der Waals surface area contributed by atoms with Crippen LogP contribution in [0.25, 0.3) is 0 Å². The number of rotatable bonds is 13. The highest BCUT2D eigenvalue weighted by Gasteiger charge is 2.08. The van der Waals surface area contributed by atoms with E-state index in [1.165, 1.54) is 44.1 Å². The number of carbonyl (C=O) groups excluding carboxylic acids is 1. The highest BCUT2D eigenvalue weighted by Crippen LogP contribution is 2.15. The number of allylic oxidation sites excluding steroid dienone is 2. The first kappa shape index (κ1) is 19.4. The van der Waals surface area contributed by atoms with Gasteiger partial charge in [-0.1, -0.05) is 64.0 Å². The van der Waals surface area contributed by atoms with Crippen molar-refractivity contribution in [2.24, 2.45) is 5.92 Å². The molecule has 1 atom stereocenters. The van der Waals surface area contributed by atoms with Gasteiger partial charge in [0.1, 0.15) is 5.78 Å². The number of ketones is 1. The van der Waals surface area contributed by atoms with Gasteiger partial charge in [-0.05, 0) is 39.0 Å². The first-order chi connectivity index (χ1) is 9.56. The van der Waals surface area contributed by atoms with Crippen molar-refractivity contribution in [2.45, 2.75) is 98.3 Å². The van der Waals surface area contributed by atoms with Crippen molar-refractivity contribution >= 4 is 5.78 Å². The summed E-state index contributed by atoms with van der Waals surface area (Å²) in [6, 6.07) is 0. The van der Waals surface area contributed by atoms with Crippen LogP contribution in [0.5, 0.6) is 0 Å². The zero-order valence-electron chi connectivity index (χ0n) is 14.3. The summed E-state index contributed by atoms with van der Waals surface area (Å²) < 4.78 is 0. The number of hydrogen-bond donors (Lipinski definition) is 0. The summed E-state index contributed by atoms with van der Waals surface area (Å²) in [5.41, 5.74) is 1.38. The average Bonchev–Trinajstić information content (AvgIpc) is 2.37. The Kier molecular flexibility index (Phi) is 13.0. The summed E-state index contributed by atoms with van der Waals surface area (Å²) in [6.07, 6.45) is 15.2. The first-order valence-electron chi connectivity index (χ1n) is 8.71. The lowest BCUT2D eigenvalue weighted by atomic mass is 9.96. The van der Waals surface area contributed by atoms with E-state index in [9.17, 15) is 4.79 Å². The Bertz CT molecular complexity index is 261. The minimum atomic E-state index is 0.475. The zero-order chi connectivity index (χ0) is 15.2. The molecule has 0 rings (SSSR count). The molecular weight excluding hydrogens is 244 g/mol. The van der Waals surface area contributed by atoms with E-state index in [-0.39, 0.29) is 0 Å². The second-order valence-electron chi connectivity index (χ2n) is 6.58. The van der Waals surface area contributed by atoms with Crippen LogP contribution >= 0.6 is 0 Å². The van der Waals surface area contributed by atoms with Gasteiger partial charge in [-0.25, -0.2) is 0 Å². The van der Waals surface area contributed by atoms with Crippen LogP contribution < -0.4 is 0 Å². The van der Waals surface area contributed by atoms with E-state index in [0.29, 0.717) is 11.7 Å². The molecule has 0 heterocycles. The van der Waals surface area contributed by atoms with Crippen LogP contribution in [0.3, 0.4) is 0 Å². The summed E-state index contributed by atoms with van der Waals surface area (Å²) in [6.45, 7) is 8.73. The molecule has 1 heteroatoms. The molecule has 0 aromatic rings. The monoisotopic (exact) mass is 280 g/mol. The summed E-state index contributed by atoms with van der Waals surface area (Å²) in [5.74, 6) is 1.02. The maximum atomic E-state index is 11.9. The van der Waals surface area contributed by atoms with E-state index in [1.54, 1.807) is 0 Å². The Hall–Kier alpha value is -0.590. The molecule has 0 bridgehead atoms. The second kappa shape index (κ2) is 13.4. The fourth-order valence-corrected chi connectivity index (χ4v) is 2.53. The predicted octanol–water partition coefficient (Wildman–Crippen LogP) is 6.47. The van der Waals surface area contributed by atoms with Crippen LogP contribution in [0.4, 0.5) is 0 Å². The second-order valence-corrected chi connectivity index (χ2v) is 6.58. The third-order valence-corrected chi connectivity index (χ3v) is 3.85. The molecule has 0 saturated heterocycles. The van der Waals surface area contributed by atoms with Crippen molar-refractivity contribution < 1.29 is 4.79 Å². The molecule has 1 nitrogen and oxygen atoms in total. The Balaban J connectivity index is 3.46. The lowest BCUT2D eigenvalue weighted by Crippen LogP contribution is -2.05. The van der Waals surface area contributed by atoms with Crippen molar-refractivity contribution in [3.8, 4) is 0 Å². The summed E-state index contributed by atoms with van der Waals surface area (Å²) in [5, 5.41) is 0. The molecule has 0 aliphatic carbocycles. The highest BCUT2D eigenvalue weighted by atomic mass is 16.1. The lowest BCUT2D eigenvalue weighted by molar-refractivity contribution is -0.120. The largest absolute Gasteiger partial charge is 0.300 e. The van der Waals surface area contributed by atoms with Crippen LogP contribution in [0.2, 0.25) is 0 Å². The molecule has 0 saturated carbocycles. The zero-order valence-corrected chi connectivity index (χ0v) is 14.3. The molecular formula is C19H36O. The summed E-state index contributed by atoms with van der Waals surface area (Å²) >= 11 is 0. The third kappa shape index (κ3) is 13.8. The number of unbranched alkanes of at least 4 members (excludes halogenated alkanes) is 6. The lowest BCUT2D eigenvalue weighted by Gasteiger charge is -2.09. The van der Waals surface area contributed by atoms with Gasteiger partial charge in [0.2, 0.25) is 0 Å². The number of hydrogen-bond acceptors (Lipinski definition) is 1. The molecule has 20 heavy (non-hydrogen) atoms. The van der Waals surface area contributed by atoms with Gasteiger partial charge in [0.25, 0.3) is 0 Å². The maximum absolute atomic E-state index is 11.9. The Morgan fingerprint density at radius 2 is 1.60 bits per heavy atom. The van der Waals surface area contributed by atoms with Crippen molar-refractivity contribution in [2.75, 3.05) is 0 Å². The minimum Gasteiger partial charge on any atom is -0.300 e. The molecule has 0 aromatic heterocycles. The summed E-state index contributed by atoms with van der Waals surface area (Å²) in [4.78, 5) is 11.9. The van der Waals surface area contributed by atoms with Crippen molar-refractivity contribution in [3.05, 3.63) is 11.6 Å². The summed E-state index contributed by atoms with van der Waals surface area (Å²) in [7, 11) is 0. The molecule has 1 unspecified atom stereocenters. The van der Waals surface area contributed by atoms with Gasteiger partial charge in [-0.2, -0.15) is 0 Å². The predicted molar refractivity (Wildman–Crippen MR) is 90.1 cm³/mol. The molecule has 0 aromatic carbocycles. The Morgan fingerprint density at radius 1 is 1.00 bits per heavy atom. The number of carbonyl (C=O) groups is 1. The molecule has 0 N–H and O–H groups in total. The molecule has 118 valence electrons. The quantitative estimate of drug-likeness (QED) is 0.279. The third-order valence-electron chi connectivity index (χ3n) is 3.85. The molecule has 0 fully saturated rings. The van der Waals surface area contributed by atoms with Crippen molar-refractivity contribution in [3.63, 3.8) is 0 Å². The normalized spacial score (nSPS) is 12.2. The smallest absolute Gasteiger partial charge is 0.133 e. The van der Waals surface area contributed by atoms with Crippen molar-refractivity contribution in [1.29, 1.82) is 0 Å². The average molecular weight is 280 g/mol. The van der Waals surface area contributed by atoms with Gasteiger partial charge in [0.05, 0.1) is 0 Å². The SMILES string of the molecule is CCCCCCCCCC(=O)CC(C)CCC=C(C)C. The molecule has 0 spiro atoms. The van der Waals surface area contributed by atoms with Gasteiger partial charge in [0.15, 0.2) is 0 Å². The van der Waals surface area contributed by atoms with Crippen LogP contribution in [-0.4, -0.2) is 5.78 Å². The molecule has 0 aliphatic rings. The number of Topliss-reactive ketones (excluding diaryl/α,β-unsaturated/α-hetero) is 1. The maximum Gasteiger partial charge on any atom is 0.133 e. The Labute approximate surface area is 127 Å². The van der Waals surface area contributed by atoms with Crippen LogP contribution in [0.1, 0.15) is 98.3 Å². The standard InChI is InChI=1S/C19H36O/c1-5-6-7-8-9-10-11-15-19(20)16-18(4)14-12-13-17(2)3/h13,18H,5-12,14-16H2,1-4H3. The van der Waals surface area contributed by atoms with E-state index >= 15 is 0 Å².